The van der Waals surface area contributed by atoms with Gasteiger partial charge in [0.15, 0.2) is 5.82 Å². The van der Waals surface area contributed by atoms with E-state index in [0.717, 1.165) is 29.1 Å². The molecule has 0 atom stereocenters. The molecular weight excluding hydrogens is 270 g/mol. The third-order valence-electron chi connectivity index (χ3n) is 3.88. The van der Waals surface area contributed by atoms with Gasteiger partial charge in [-0.25, -0.2) is 0 Å². The standard InChI is InChI=1S/C15H19N3OS/c1-11-6-8-18(9-7-11)10-14(19)16-15-12-4-2-3-5-13(12)20-17-15/h2-5,11H,6-10H2,1H3,(H,16,17,19). The maximum atomic E-state index is 12.1. The van der Waals surface area contributed by atoms with E-state index in [4.69, 9.17) is 0 Å². The van der Waals surface area contributed by atoms with Crippen molar-refractivity contribution in [1.29, 1.82) is 0 Å². The lowest BCUT2D eigenvalue weighted by atomic mass is 9.99. The van der Waals surface area contributed by atoms with Crippen molar-refractivity contribution in [2.45, 2.75) is 19.8 Å². The summed E-state index contributed by atoms with van der Waals surface area (Å²) in [5.41, 5.74) is 0. The number of likely N-dealkylation sites (tertiary alicyclic amines) is 1. The van der Waals surface area contributed by atoms with Gasteiger partial charge in [-0.05, 0) is 55.5 Å². The molecule has 106 valence electrons. The number of carbonyl (C=O) groups is 1. The lowest BCUT2D eigenvalue weighted by Crippen LogP contribution is -2.38. The van der Waals surface area contributed by atoms with Crippen LogP contribution in [0, 0.1) is 5.92 Å². The summed E-state index contributed by atoms with van der Waals surface area (Å²) in [4.78, 5) is 14.3. The molecule has 1 N–H and O–H groups in total. The number of nitrogens with zero attached hydrogens (tertiary/aromatic N) is 2. The third kappa shape index (κ3) is 2.99. The second kappa shape index (κ2) is 5.89. The van der Waals surface area contributed by atoms with Gasteiger partial charge in [0.2, 0.25) is 5.91 Å². The van der Waals surface area contributed by atoms with E-state index < -0.39 is 0 Å². The van der Waals surface area contributed by atoms with Gasteiger partial charge in [-0.1, -0.05) is 19.1 Å². The molecule has 0 spiro atoms. The molecule has 0 bridgehead atoms. The third-order valence-corrected chi connectivity index (χ3v) is 4.71. The second-order valence-corrected chi connectivity index (χ2v) is 6.34. The number of piperidine rings is 1. The molecule has 1 fully saturated rings. The van der Waals surface area contributed by atoms with Crippen LogP contribution in [0.5, 0.6) is 0 Å². The van der Waals surface area contributed by atoms with Gasteiger partial charge in [0, 0.05) is 5.39 Å². The van der Waals surface area contributed by atoms with Crippen molar-refractivity contribution < 1.29 is 4.79 Å². The molecular formula is C15H19N3OS. The highest BCUT2D eigenvalue weighted by Crippen LogP contribution is 2.26. The maximum absolute atomic E-state index is 12.1. The summed E-state index contributed by atoms with van der Waals surface area (Å²) < 4.78 is 5.44. The van der Waals surface area contributed by atoms with Crippen molar-refractivity contribution in [3.05, 3.63) is 24.3 Å². The van der Waals surface area contributed by atoms with Crippen molar-refractivity contribution >= 4 is 33.3 Å². The molecule has 1 aromatic carbocycles. The Morgan fingerprint density at radius 1 is 1.40 bits per heavy atom. The van der Waals surface area contributed by atoms with Gasteiger partial charge in [-0.15, -0.1) is 0 Å². The topological polar surface area (TPSA) is 45.2 Å². The lowest BCUT2D eigenvalue weighted by molar-refractivity contribution is -0.117. The van der Waals surface area contributed by atoms with E-state index in [1.165, 1.54) is 24.4 Å². The SMILES string of the molecule is CC1CCN(CC(=O)Nc2nsc3ccccc23)CC1. The molecule has 1 saturated heterocycles. The molecule has 3 rings (SSSR count). The Kier molecular flexibility index (Phi) is 3.98. The van der Waals surface area contributed by atoms with Gasteiger partial charge < -0.3 is 5.32 Å². The number of anilines is 1. The number of amides is 1. The average molecular weight is 289 g/mol. The zero-order valence-electron chi connectivity index (χ0n) is 11.6. The molecule has 0 unspecified atom stereocenters. The number of nitrogens with one attached hydrogen (secondary N) is 1. The Bertz CT molecular complexity index is 602. The predicted molar refractivity (Wildman–Crippen MR) is 83.1 cm³/mol. The first-order valence-corrected chi connectivity index (χ1v) is 7.86. The highest BCUT2D eigenvalue weighted by Gasteiger charge is 2.18. The zero-order valence-corrected chi connectivity index (χ0v) is 12.4. The Hall–Kier alpha value is -1.46. The fourth-order valence-corrected chi connectivity index (χ4v) is 3.31. The Balaban J connectivity index is 1.61. The summed E-state index contributed by atoms with van der Waals surface area (Å²) in [6, 6.07) is 7.98. The summed E-state index contributed by atoms with van der Waals surface area (Å²) in [7, 11) is 0. The Morgan fingerprint density at radius 2 is 2.15 bits per heavy atom. The molecule has 1 aliphatic heterocycles. The zero-order chi connectivity index (χ0) is 13.9. The van der Waals surface area contributed by atoms with Crippen LogP contribution < -0.4 is 5.32 Å². The molecule has 0 radical (unpaired) electrons. The molecule has 0 aliphatic carbocycles. The van der Waals surface area contributed by atoms with Gasteiger partial charge in [0.1, 0.15) is 0 Å². The molecule has 1 amide bonds. The minimum Gasteiger partial charge on any atom is -0.308 e. The number of hydrogen-bond acceptors (Lipinski definition) is 4. The summed E-state index contributed by atoms with van der Waals surface area (Å²) >= 11 is 1.42. The van der Waals surface area contributed by atoms with Crippen molar-refractivity contribution in [2.75, 3.05) is 25.0 Å². The Morgan fingerprint density at radius 3 is 2.95 bits per heavy atom. The van der Waals surface area contributed by atoms with E-state index in [1.54, 1.807) is 0 Å². The minimum absolute atomic E-state index is 0.0376. The first kappa shape index (κ1) is 13.5. The molecule has 2 aromatic rings. The quantitative estimate of drug-likeness (QED) is 0.945. The van der Waals surface area contributed by atoms with E-state index in [0.29, 0.717) is 12.4 Å². The summed E-state index contributed by atoms with van der Waals surface area (Å²) in [6.07, 6.45) is 2.37. The molecule has 1 aromatic heterocycles. The van der Waals surface area contributed by atoms with Crippen LogP contribution in [-0.2, 0) is 4.79 Å². The van der Waals surface area contributed by atoms with Crippen LogP contribution in [0.4, 0.5) is 5.82 Å². The smallest absolute Gasteiger partial charge is 0.239 e. The van der Waals surface area contributed by atoms with Gasteiger partial charge in [0.05, 0.1) is 11.2 Å². The van der Waals surface area contributed by atoms with E-state index >= 15 is 0 Å². The van der Waals surface area contributed by atoms with Crippen molar-refractivity contribution in [3.8, 4) is 0 Å². The van der Waals surface area contributed by atoms with E-state index in [-0.39, 0.29) is 5.91 Å². The lowest BCUT2D eigenvalue weighted by Gasteiger charge is -2.29. The fourth-order valence-electron chi connectivity index (χ4n) is 2.57. The molecule has 20 heavy (non-hydrogen) atoms. The molecule has 1 aliphatic rings. The maximum Gasteiger partial charge on any atom is 0.239 e. The predicted octanol–water partition coefficient (Wildman–Crippen LogP) is 2.97. The van der Waals surface area contributed by atoms with E-state index in [9.17, 15) is 4.79 Å². The van der Waals surface area contributed by atoms with Crippen LogP contribution in [0.15, 0.2) is 24.3 Å². The van der Waals surface area contributed by atoms with Crippen LogP contribution in [0.25, 0.3) is 10.1 Å². The number of rotatable bonds is 3. The Labute approximate surface area is 122 Å². The van der Waals surface area contributed by atoms with Gasteiger partial charge in [-0.2, -0.15) is 4.37 Å². The van der Waals surface area contributed by atoms with Crippen molar-refractivity contribution in [2.24, 2.45) is 5.92 Å². The summed E-state index contributed by atoms with van der Waals surface area (Å²) in [5, 5.41) is 3.97. The first-order valence-electron chi connectivity index (χ1n) is 7.09. The number of benzene rings is 1. The number of fused-ring (bicyclic) bond motifs is 1. The average Bonchev–Trinajstić information content (AvgIpc) is 2.85. The summed E-state index contributed by atoms with van der Waals surface area (Å²) in [6.45, 7) is 4.79. The van der Waals surface area contributed by atoms with Gasteiger partial charge >= 0.3 is 0 Å². The van der Waals surface area contributed by atoms with Crippen LogP contribution in [0.1, 0.15) is 19.8 Å². The monoisotopic (exact) mass is 289 g/mol. The van der Waals surface area contributed by atoms with Crippen LogP contribution in [0.2, 0.25) is 0 Å². The van der Waals surface area contributed by atoms with Crippen LogP contribution >= 0.6 is 11.5 Å². The second-order valence-electron chi connectivity index (χ2n) is 5.53. The highest BCUT2D eigenvalue weighted by molar-refractivity contribution is 7.13. The van der Waals surface area contributed by atoms with Crippen molar-refractivity contribution in [1.82, 2.24) is 9.27 Å². The number of aromatic nitrogens is 1. The molecule has 2 heterocycles. The fraction of sp³-hybridized carbons (Fsp3) is 0.467. The minimum atomic E-state index is 0.0376. The molecule has 0 saturated carbocycles. The van der Waals surface area contributed by atoms with Gasteiger partial charge in [0.25, 0.3) is 0 Å². The number of carbonyl (C=O) groups excluding carboxylic acids is 1. The highest BCUT2D eigenvalue weighted by atomic mass is 32.1. The summed E-state index contributed by atoms with van der Waals surface area (Å²) in [5.74, 6) is 1.52. The van der Waals surface area contributed by atoms with Crippen LogP contribution in [0.3, 0.4) is 0 Å². The van der Waals surface area contributed by atoms with E-state index in [1.807, 2.05) is 24.3 Å². The molecule has 4 nitrogen and oxygen atoms in total. The number of hydrogen-bond donors (Lipinski definition) is 1. The largest absolute Gasteiger partial charge is 0.308 e. The molecule has 5 heteroatoms. The first-order chi connectivity index (χ1) is 9.72. The van der Waals surface area contributed by atoms with Crippen molar-refractivity contribution in [3.63, 3.8) is 0 Å². The van der Waals surface area contributed by atoms with Gasteiger partial charge in [-0.3, -0.25) is 9.69 Å². The van der Waals surface area contributed by atoms with E-state index in [2.05, 4.69) is 21.5 Å². The normalized spacial score (nSPS) is 17.4. The van der Waals surface area contributed by atoms with Crippen LogP contribution in [-0.4, -0.2) is 34.8 Å².